The van der Waals surface area contributed by atoms with Crippen molar-refractivity contribution in [1.29, 1.82) is 0 Å². The van der Waals surface area contributed by atoms with E-state index in [-0.39, 0.29) is 0 Å². The molecule has 2 rings (SSSR count). The smallest absolute Gasteiger partial charge is 0.203 e. The van der Waals surface area contributed by atoms with Crippen LogP contribution in [0.4, 0.5) is 0 Å². The van der Waals surface area contributed by atoms with E-state index < -0.39 is 0 Å². The molecule has 0 unspecified atom stereocenters. The Kier molecular flexibility index (Phi) is 8.39. The average Bonchev–Trinajstić information content (AvgIpc) is 2.59. The zero-order chi connectivity index (χ0) is 18.1. The molecule has 0 radical (unpaired) electrons. The van der Waals surface area contributed by atoms with Gasteiger partial charge in [0.05, 0.1) is 20.8 Å². The van der Waals surface area contributed by atoms with Gasteiger partial charge in [0.1, 0.15) is 0 Å². The van der Waals surface area contributed by atoms with E-state index in [1.165, 1.54) is 45.3 Å². The van der Waals surface area contributed by atoms with Gasteiger partial charge in [0, 0.05) is 13.1 Å². The largest absolute Gasteiger partial charge is 0.493 e. The van der Waals surface area contributed by atoms with E-state index in [4.69, 9.17) is 14.2 Å². The predicted octanol–water partition coefficient (Wildman–Crippen LogP) is 4.62. The lowest BCUT2D eigenvalue weighted by Crippen LogP contribution is -2.39. The third-order valence-electron chi connectivity index (χ3n) is 4.94. The molecule has 25 heavy (non-hydrogen) atoms. The molecule has 1 fully saturated rings. The van der Waals surface area contributed by atoms with Crippen LogP contribution in [0.2, 0.25) is 0 Å². The molecule has 1 aromatic carbocycles. The SMILES string of the molecule is COc1cccc(OC)c1OCCCCCCN1C[C@H](C)C[C@H](C)C1. The molecule has 4 heteroatoms. The zero-order valence-corrected chi connectivity index (χ0v) is 16.4. The highest BCUT2D eigenvalue weighted by Crippen LogP contribution is 2.36. The minimum Gasteiger partial charge on any atom is -0.493 e. The van der Waals surface area contributed by atoms with Gasteiger partial charge in [-0.3, -0.25) is 0 Å². The Hall–Kier alpha value is -1.42. The van der Waals surface area contributed by atoms with Crippen LogP contribution in [0.1, 0.15) is 46.0 Å². The molecule has 0 aliphatic carbocycles. The molecule has 0 amide bonds. The van der Waals surface area contributed by atoms with Crippen molar-refractivity contribution in [2.45, 2.75) is 46.0 Å². The lowest BCUT2D eigenvalue weighted by atomic mass is 9.92. The minimum absolute atomic E-state index is 0.703. The topological polar surface area (TPSA) is 30.9 Å². The Balaban J connectivity index is 1.61. The molecule has 2 atom stereocenters. The molecule has 0 bridgehead atoms. The van der Waals surface area contributed by atoms with Gasteiger partial charge in [-0.2, -0.15) is 0 Å². The lowest BCUT2D eigenvalue weighted by molar-refractivity contribution is 0.138. The van der Waals surface area contributed by atoms with E-state index in [0.717, 1.165) is 29.8 Å². The summed E-state index contributed by atoms with van der Waals surface area (Å²) >= 11 is 0. The maximum Gasteiger partial charge on any atom is 0.203 e. The maximum atomic E-state index is 5.91. The first-order valence-electron chi connectivity index (χ1n) is 9.70. The van der Waals surface area contributed by atoms with Gasteiger partial charge in [-0.1, -0.05) is 32.8 Å². The van der Waals surface area contributed by atoms with Crippen LogP contribution in [-0.4, -0.2) is 45.4 Å². The van der Waals surface area contributed by atoms with E-state index >= 15 is 0 Å². The Labute approximate surface area is 153 Å². The number of para-hydroxylation sites is 1. The van der Waals surface area contributed by atoms with Crippen LogP contribution < -0.4 is 14.2 Å². The summed E-state index contributed by atoms with van der Waals surface area (Å²) < 4.78 is 16.6. The van der Waals surface area contributed by atoms with Crippen LogP contribution in [-0.2, 0) is 0 Å². The molecule has 1 aliphatic heterocycles. The number of hydrogen-bond donors (Lipinski definition) is 0. The Bertz CT molecular complexity index is 474. The molecule has 1 aliphatic rings. The molecule has 4 nitrogen and oxygen atoms in total. The van der Waals surface area contributed by atoms with Gasteiger partial charge >= 0.3 is 0 Å². The van der Waals surface area contributed by atoms with Crippen molar-refractivity contribution in [3.05, 3.63) is 18.2 Å². The number of piperidine rings is 1. The first kappa shape index (κ1) is 19.9. The fraction of sp³-hybridized carbons (Fsp3) is 0.714. The maximum absolute atomic E-state index is 5.91. The van der Waals surface area contributed by atoms with Gasteiger partial charge in [0.2, 0.25) is 5.75 Å². The molecular formula is C21H35NO3. The van der Waals surface area contributed by atoms with E-state index in [9.17, 15) is 0 Å². The van der Waals surface area contributed by atoms with Crippen LogP contribution in [0.5, 0.6) is 17.2 Å². The monoisotopic (exact) mass is 349 g/mol. The molecular weight excluding hydrogens is 314 g/mol. The van der Waals surface area contributed by atoms with Gasteiger partial charge in [-0.05, 0) is 49.8 Å². The number of likely N-dealkylation sites (tertiary alicyclic amines) is 1. The predicted molar refractivity (Wildman–Crippen MR) is 103 cm³/mol. The average molecular weight is 350 g/mol. The Morgan fingerprint density at radius 3 is 2.12 bits per heavy atom. The standard InChI is InChI=1S/C21H35NO3/c1-17-14-18(2)16-22(15-17)12-7-5-6-8-13-25-21-19(23-3)10-9-11-20(21)24-4/h9-11,17-18H,5-8,12-16H2,1-4H3/t17-,18+. The van der Waals surface area contributed by atoms with Crippen molar-refractivity contribution >= 4 is 0 Å². The molecule has 0 N–H and O–H groups in total. The summed E-state index contributed by atoms with van der Waals surface area (Å²) in [6.07, 6.45) is 6.22. The molecule has 1 heterocycles. The summed E-state index contributed by atoms with van der Waals surface area (Å²) in [7, 11) is 3.31. The Morgan fingerprint density at radius 1 is 0.920 bits per heavy atom. The van der Waals surface area contributed by atoms with Crippen molar-refractivity contribution < 1.29 is 14.2 Å². The molecule has 0 saturated carbocycles. The number of nitrogens with zero attached hydrogens (tertiary/aromatic N) is 1. The quantitative estimate of drug-likeness (QED) is 0.577. The highest BCUT2D eigenvalue weighted by molar-refractivity contribution is 5.51. The number of rotatable bonds is 10. The van der Waals surface area contributed by atoms with Crippen LogP contribution in [0.15, 0.2) is 18.2 Å². The van der Waals surface area contributed by atoms with E-state index in [1.54, 1.807) is 14.2 Å². The first-order chi connectivity index (χ1) is 12.1. The molecule has 1 saturated heterocycles. The minimum atomic E-state index is 0.703. The number of benzene rings is 1. The second kappa shape index (κ2) is 10.5. The summed E-state index contributed by atoms with van der Waals surface area (Å²) in [4.78, 5) is 2.65. The fourth-order valence-corrected chi connectivity index (χ4v) is 3.90. The lowest BCUT2D eigenvalue weighted by Gasteiger charge is -2.34. The van der Waals surface area contributed by atoms with Gasteiger partial charge in [0.15, 0.2) is 11.5 Å². The van der Waals surface area contributed by atoms with E-state index in [0.29, 0.717) is 12.4 Å². The van der Waals surface area contributed by atoms with E-state index in [1.807, 2.05) is 18.2 Å². The summed E-state index contributed by atoms with van der Waals surface area (Å²) in [5.41, 5.74) is 0. The fourth-order valence-electron chi connectivity index (χ4n) is 3.90. The van der Waals surface area contributed by atoms with Crippen molar-refractivity contribution in [2.24, 2.45) is 11.8 Å². The van der Waals surface area contributed by atoms with Crippen molar-refractivity contribution in [2.75, 3.05) is 40.5 Å². The molecule has 0 aromatic heterocycles. The number of ether oxygens (including phenoxy) is 3. The van der Waals surface area contributed by atoms with Crippen molar-refractivity contribution in [1.82, 2.24) is 4.90 Å². The zero-order valence-electron chi connectivity index (χ0n) is 16.4. The first-order valence-corrected chi connectivity index (χ1v) is 9.70. The number of methoxy groups -OCH3 is 2. The third kappa shape index (κ3) is 6.43. The third-order valence-corrected chi connectivity index (χ3v) is 4.94. The van der Waals surface area contributed by atoms with Gasteiger partial charge < -0.3 is 19.1 Å². The number of unbranched alkanes of at least 4 members (excludes halogenated alkanes) is 3. The summed E-state index contributed by atoms with van der Waals surface area (Å²) in [5.74, 6) is 3.88. The van der Waals surface area contributed by atoms with Crippen LogP contribution in [0.3, 0.4) is 0 Å². The molecule has 142 valence electrons. The number of hydrogen-bond acceptors (Lipinski definition) is 4. The van der Waals surface area contributed by atoms with Gasteiger partial charge in [-0.15, -0.1) is 0 Å². The van der Waals surface area contributed by atoms with Gasteiger partial charge in [-0.25, -0.2) is 0 Å². The van der Waals surface area contributed by atoms with Crippen LogP contribution in [0.25, 0.3) is 0 Å². The normalized spacial score (nSPS) is 21.1. The van der Waals surface area contributed by atoms with Gasteiger partial charge in [0.25, 0.3) is 0 Å². The summed E-state index contributed by atoms with van der Waals surface area (Å²) in [6.45, 7) is 9.27. The Morgan fingerprint density at radius 2 is 1.52 bits per heavy atom. The second-order valence-electron chi connectivity index (χ2n) is 7.46. The van der Waals surface area contributed by atoms with Crippen LogP contribution >= 0.6 is 0 Å². The summed E-state index contributed by atoms with van der Waals surface area (Å²) in [5, 5.41) is 0. The van der Waals surface area contributed by atoms with Crippen LogP contribution in [0, 0.1) is 11.8 Å². The second-order valence-corrected chi connectivity index (χ2v) is 7.46. The highest BCUT2D eigenvalue weighted by Gasteiger charge is 2.20. The summed E-state index contributed by atoms with van der Waals surface area (Å²) in [6, 6.07) is 5.71. The molecule has 0 spiro atoms. The highest BCUT2D eigenvalue weighted by atomic mass is 16.5. The molecule has 1 aromatic rings. The van der Waals surface area contributed by atoms with E-state index in [2.05, 4.69) is 18.7 Å². The van der Waals surface area contributed by atoms with Crippen molar-refractivity contribution in [3.8, 4) is 17.2 Å². The van der Waals surface area contributed by atoms with Crippen molar-refractivity contribution in [3.63, 3.8) is 0 Å².